The highest BCUT2D eigenvalue weighted by atomic mass is 19.4. The number of ether oxygens (including phenoxy) is 1. The molecule has 0 radical (unpaired) electrons. The minimum atomic E-state index is -4.60. The second-order valence-corrected chi connectivity index (χ2v) is 6.33. The number of halogens is 3. The number of benzene rings is 1. The van der Waals surface area contributed by atoms with Crippen LogP contribution < -0.4 is 10.5 Å². The maximum atomic E-state index is 11.6. The van der Waals surface area contributed by atoms with Crippen LogP contribution in [0.4, 0.5) is 13.2 Å². The van der Waals surface area contributed by atoms with Crippen molar-refractivity contribution in [2.75, 3.05) is 20.1 Å². The third kappa shape index (κ3) is 9.98. The second kappa shape index (κ2) is 11.6. The van der Waals surface area contributed by atoms with E-state index < -0.39 is 6.36 Å². The first kappa shape index (κ1) is 23.0. The van der Waals surface area contributed by atoms with Crippen LogP contribution in [0.15, 0.2) is 34.3 Å². The van der Waals surface area contributed by atoms with Crippen molar-refractivity contribution >= 4 is 12.2 Å². The van der Waals surface area contributed by atoms with Crippen molar-refractivity contribution in [3.8, 4) is 5.75 Å². The molecule has 152 valence electrons. The van der Waals surface area contributed by atoms with E-state index in [1.54, 1.807) is 26.1 Å². The van der Waals surface area contributed by atoms with Crippen LogP contribution in [-0.2, 0) is 0 Å². The third-order valence-electron chi connectivity index (χ3n) is 3.82. The van der Waals surface area contributed by atoms with E-state index in [4.69, 9.17) is 5.73 Å². The lowest BCUT2D eigenvalue weighted by molar-refractivity contribution is -0.274. The van der Waals surface area contributed by atoms with Crippen LogP contribution in [0.5, 0.6) is 5.75 Å². The zero-order valence-electron chi connectivity index (χ0n) is 16.2. The van der Waals surface area contributed by atoms with Crippen LogP contribution in [-0.4, -0.2) is 49.6 Å². The molecule has 1 aromatic rings. The molecule has 1 heterocycles. The molecule has 0 amide bonds. The van der Waals surface area contributed by atoms with Crippen LogP contribution in [0.1, 0.15) is 38.2 Å². The summed E-state index contributed by atoms with van der Waals surface area (Å²) in [5, 5.41) is 0. The number of hydrogen-bond acceptors (Lipinski definition) is 3. The van der Waals surface area contributed by atoms with E-state index in [9.17, 15) is 13.2 Å². The van der Waals surface area contributed by atoms with E-state index >= 15 is 0 Å². The van der Waals surface area contributed by atoms with E-state index in [-0.39, 0.29) is 11.8 Å². The average Bonchev–Trinajstić information content (AvgIpc) is 2.60. The molecule has 1 saturated heterocycles. The highest BCUT2D eigenvalue weighted by Gasteiger charge is 2.30. The molecule has 0 saturated carbocycles. The Morgan fingerprint density at radius 1 is 1.33 bits per heavy atom. The molecule has 1 aromatic carbocycles. The molecule has 1 fully saturated rings. The van der Waals surface area contributed by atoms with Crippen molar-refractivity contribution < 1.29 is 17.9 Å². The molecule has 27 heavy (non-hydrogen) atoms. The first-order valence-corrected chi connectivity index (χ1v) is 9.07. The molecule has 5 nitrogen and oxygen atoms in total. The van der Waals surface area contributed by atoms with Gasteiger partial charge in [0.15, 0.2) is 0 Å². The van der Waals surface area contributed by atoms with E-state index in [0.29, 0.717) is 0 Å². The fraction of sp³-hybridized carbons (Fsp3) is 0.579. The molecule has 1 aliphatic heterocycles. The van der Waals surface area contributed by atoms with Gasteiger partial charge >= 0.3 is 6.36 Å². The molecule has 8 heteroatoms. The molecule has 1 unspecified atom stereocenters. The van der Waals surface area contributed by atoms with E-state index in [1.807, 2.05) is 6.21 Å². The Kier molecular flexibility index (Phi) is 9.85. The fourth-order valence-electron chi connectivity index (χ4n) is 2.49. The maximum Gasteiger partial charge on any atom is 0.573 e. The number of alkyl halides is 3. The van der Waals surface area contributed by atoms with Gasteiger partial charge in [-0.1, -0.05) is 31.0 Å². The summed E-state index contributed by atoms with van der Waals surface area (Å²) in [6.07, 6.45) is 1.74. The molecular weight excluding hydrogens is 357 g/mol. The van der Waals surface area contributed by atoms with Gasteiger partial charge in [0, 0.05) is 32.4 Å². The number of nitrogens with zero attached hydrogens (tertiary/aromatic N) is 3. The Labute approximate surface area is 159 Å². The number of likely N-dealkylation sites (tertiary alicyclic amines) is 1. The Morgan fingerprint density at radius 3 is 2.52 bits per heavy atom. The van der Waals surface area contributed by atoms with Crippen LogP contribution in [0, 0.1) is 6.92 Å². The number of guanidine groups is 1. The van der Waals surface area contributed by atoms with Gasteiger partial charge < -0.3 is 15.4 Å². The Morgan fingerprint density at radius 2 is 2.00 bits per heavy atom. The normalized spacial score (nSPS) is 18.3. The number of nitrogens with two attached hydrogens (primary N) is 1. The summed E-state index contributed by atoms with van der Waals surface area (Å²) in [5.74, 6) is 0.645. The van der Waals surface area contributed by atoms with Crippen LogP contribution >= 0.6 is 0 Å². The van der Waals surface area contributed by atoms with Gasteiger partial charge in [-0.2, -0.15) is 0 Å². The number of hydrogen-bond donors (Lipinski definition) is 1. The third-order valence-corrected chi connectivity index (χ3v) is 3.82. The zero-order valence-corrected chi connectivity index (χ0v) is 16.2. The summed E-state index contributed by atoms with van der Waals surface area (Å²) in [4.78, 5) is 10.8. The van der Waals surface area contributed by atoms with Gasteiger partial charge in [0.05, 0.1) is 0 Å². The quantitative estimate of drug-likeness (QED) is 0.627. The van der Waals surface area contributed by atoms with Crippen molar-refractivity contribution in [1.29, 1.82) is 0 Å². The molecule has 0 spiro atoms. The van der Waals surface area contributed by atoms with Gasteiger partial charge in [-0.05, 0) is 38.3 Å². The van der Waals surface area contributed by atoms with Crippen molar-refractivity contribution in [3.05, 3.63) is 29.8 Å². The second-order valence-electron chi connectivity index (χ2n) is 6.33. The Hall–Kier alpha value is -2.09. The number of aryl methyl sites for hydroxylation is 1. The van der Waals surface area contributed by atoms with Crippen molar-refractivity contribution in [2.24, 2.45) is 15.7 Å². The molecule has 0 bridgehead atoms. The summed E-state index contributed by atoms with van der Waals surface area (Å²) in [6.45, 7) is 5.85. The van der Waals surface area contributed by atoms with Gasteiger partial charge in [-0.15, -0.1) is 13.2 Å². The first-order valence-electron chi connectivity index (χ1n) is 9.07. The minimum absolute atomic E-state index is 0.187. The fourth-order valence-corrected chi connectivity index (χ4v) is 2.49. The van der Waals surface area contributed by atoms with Gasteiger partial charge in [-0.25, -0.2) is 4.99 Å². The van der Waals surface area contributed by atoms with Crippen LogP contribution in [0.2, 0.25) is 0 Å². The summed E-state index contributed by atoms with van der Waals surface area (Å²) >= 11 is 0. The smallest absolute Gasteiger partial charge is 0.406 e. The highest BCUT2D eigenvalue weighted by Crippen LogP contribution is 2.22. The summed E-state index contributed by atoms with van der Waals surface area (Å²) < 4.78 is 38.5. The zero-order chi connectivity index (χ0) is 20.3. The largest absolute Gasteiger partial charge is 0.573 e. The summed E-state index contributed by atoms with van der Waals surface area (Å²) in [7, 11) is 1.79. The highest BCUT2D eigenvalue weighted by molar-refractivity contribution is 5.87. The minimum Gasteiger partial charge on any atom is -0.406 e. The molecule has 0 aromatic heterocycles. The summed E-state index contributed by atoms with van der Waals surface area (Å²) in [6, 6.07) is 5.95. The number of rotatable bonds is 3. The van der Waals surface area contributed by atoms with Crippen molar-refractivity contribution in [2.45, 2.75) is 51.9 Å². The topological polar surface area (TPSA) is 63.2 Å². The standard InChI is InChI=1S/C11H22N4.C8H7F3O/c1-3-4-7-14-11(13-2)15-8-5-6-10(12)9-15;1-6-2-4-7(5-3-6)12-8(9,10)11/h7,10H,3-6,8-9,12H2,1-2H3;2-5H,1H3/b13-11?,14-7-;. The van der Waals surface area contributed by atoms with E-state index in [1.165, 1.54) is 12.1 Å². The monoisotopic (exact) mass is 386 g/mol. The molecule has 0 aliphatic carbocycles. The predicted molar refractivity (Wildman–Crippen MR) is 103 cm³/mol. The lowest BCUT2D eigenvalue weighted by Gasteiger charge is -2.31. The SMILES string of the molecule is CCC/C=N\C(=NC)N1CCCC(N)C1.Cc1ccc(OC(F)(F)F)cc1. The van der Waals surface area contributed by atoms with Crippen LogP contribution in [0.3, 0.4) is 0 Å². The Bertz CT molecular complexity index is 600. The van der Waals surface area contributed by atoms with Gasteiger partial charge in [-0.3, -0.25) is 4.99 Å². The van der Waals surface area contributed by atoms with Crippen molar-refractivity contribution in [1.82, 2.24) is 4.90 Å². The Balaban J connectivity index is 0.000000277. The lowest BCUT2D eigenvalue weighted by atomic mass is 10.1. The first-order chi connectivity index (χ1) is 12.7. The number of aliphatic imine (C=N–C) groups is 2. The lowest BCUT2D eigenvalue weighted by Crippen LogP contribution is -2.45. The number of unbranched alkanes of at least 4 members (excludes halogenated alkanes) is 1. The maximum absolute atomic E-state index is 11.6. The van der Waals surface area contributed by atoms with Crippen LogP contribution in [0.25, 0.3) is 0 Å². The van der Waals surface area contributed by atoms with E-state index in [2.05, 4.69) is 26.5 Å². The molecule has 2 N–H and O–H groups in total. The predicted octanol–water partition coefficient (Wildman–Crippen LogP) is 4.16. The van der Waals surface area contributed by atoms with Gasteiger partial charge in [0.2, 0.25) is 5.96 Å². The molecule has 1 atom stereocenters. The van der Waals surface area contributed by atoms with E-state index in [0.717, 1.165) is 50.3 Å². The molecule has 1 aliphatic rings. The van der Waals surface area contributed by atoms with Gasteiger partial charge in [0.1, 0.15) is 5.75 Å². The average molecular weight is 386 g/mol. The molecular formula is C19H29F3N4O. The number of piperidine rings is 1. The van der Waals surface area contributed by atoms with Gasteiger partial charge in [0.25, 0.3) is 0 Å². The molecule has 2 rings (SSSR count). The van der Waals surface area contributed by atoms with Crippen molar-refractivity contribution in [3.63, 3.8) is 0 Å². The summed E-state index contributed by atoms with van der Waals surface area (Å²) in [5.41, 5.74) is 6.82.